The van der Waals surface area contributed by atoms with Crippen molar-refractivity contribution in [1.29, 1.82) is 0 Å². The Morgan fingerprint density at radius 1 is 1.24 bits per heavy atom. The van der Waals surface area contributed by atoms with Crippen LogP contribution in [0.15, 0.2) is 55.0 Å². The summed E-state index contributed by atoms with van der Waals surface area (Å²) in [7, 11) is 0. The molecular formula is C19H13F4N3O3. The first-order valence-corrected chi connectivity index (χ1v) is 8.15. The molecule has 3 aromatic rings. The average Bonchev–Trinajstić information content (AvgIpc) is 2.63. The molecule has 150 valence electrons. The fraction of sp³-hybridized carbons (Fsp3) is 0.105. The van der Waals surface area contributed by atoms with Gasteiger partial charge in [-0.3, -0.25) is 4.79 Å². The maximum Gasteiger partial charge on any atom is 0.417 e. The highest BCUT2D eigenvalue weighted by molar-refractivity contribution is 6.05. The Labute approximate surface area is 162 Å². The highest BCUT2D eigenvalue weighted by Crippen LogP contribution is 2.33. The largest absolute Gasteiger partial charge is 0.619 e. The van der Waals surface area contributed by atoms with Crippen LogP contribution in [0.4, 0.5) is 23.2 Å². The van der Waals surface area contributed by atoms with Crippen molar-refractivity contribution in [3.05, 3.63) is 82.7 Å². The molecule has 6 nitrogen and oxygen atoms in total. The predicted molar refractivity (Wildman–Crippen MR) is 93.8 cm³/mol. The molecule has 0 saturated carbocycles. The molecule has 0 aliphatic heterocycles. The van der Waals surface area contributed by atoms with Gasteiger partial charge in [-0.05, 0) is 42.8 Å². The minimum absolute atomic E-state index is 0.0637. The van der Waals surface area contributed by atoms with Gasteiger partial charge in [-0.25, -0.2) is 9.37 Å². The van der Waals surface area contributed by atoms with Gasteiger partial charge in [0.25, 0.3) is 5.91 Å². The van der Waals surface area contributed by atoms with E-state index < -0.39 is 34.9 Å². The number of nitrogens with zero attached hydrogens (tertiary/aromatic N) is 2. The van der Waals surface area contributed by atoms with Crippen LogP contribution in [-0.2, 0) is 6.18 Å². The van der Waals surface area contributed by atoms with E-state index in [0.29, 0.717) is 22.6 Å². The summed E-state index contributed by atoms with van der Waals surface area (Å²) in [5, 5.41) is 13.6. The molecule has 0 fully saturated rings. The summed E-state index contributed by atoms with van der Waals surface area (Å²) >= 11 is 0. The molecule has 0 saturated heterocycles. The number of anilines is 1. The molecule has 0 atom stereocenters. The number of alkyl halides is 3. The minimum Gasteiger partial charge on any atom is -0.619 e. The second kappa shape index (κ2) is 7.74. The molecule has 3 rings (SSSR count). The number of carbonyl (C=O) groups excluding carboxylic acids is 1. The highest BCUT2D eigenvalue weighted by Gasteiger charge is 2.33. The van der Waals surface area contributed by atoms with Gasteiger partial charge >= 0.3 is 6.18 Å². The van der Waals surface area contributed by atoms with Crippen LogP contribution in [0.2, 0.25) is 0 Å². The number of carbonyl (C=O) groups is 1. The number of hydrogen-bond donors (Lipinski definition) is 1. The van der Waals surface area contributed by atoms with Crippen LogP contribution in [0.5, 0.6) is 11.6 Å². The second-order valence-electron chi connectivity index (χ2n) is 5.99. The maximum absolute atomic E-state index is 13.3. The zero-order valence-corrected chi connectivity index (χ0v) is 14.8. The summed E-state index contributed by atoms with van der Waals surface area (Å²) in [5.41, 5.74) is -1.25. The number of amides is 1. The van der Waals surface area contributed by atoms with Crippen molar-refractivity contribution in [1.82, 2.24) is 4.98 Å². The molecule has 1 aromatic carbocycles. The number of hydrogen-bond acceptors (Lipinski definition) is 4. The Hall–Kier alpha value is -3.69. The van der Waals surface area contributed by atoms with E-state index in [1.807, 2.05) is 0 Å². The molecule has 0 bridgehead atoms. The summed E-state index contributed by atoms with van der Waals surface area (Å²) in [5.74, 6) is -1.78. The van der Waals surface area contributed by atoms with E-state index in [0.717, 1.165) is 18.3 Å². The Morgan fingerprint density at radius 3 is 2.66 bits per heavy atom. The number of rotatable bonds is 4. The summed E-state index contributed by atoms with van der Waals surface area (Å²) in [6.07, 6.45) is -2.01. The van der Waals surface area contributed by atoms with Crippen molar-refractivity contribution in [2.45, 2.75) is 13.1 Å². The van der Waals surface area contributed by atoms with Crippen molar-refractivity contribution in [3.63, 3.8) is 0 Å². The van der Waals surface area contributed by atoms with Crippen LogP contribution in [0.1, 0.15) is 21.5 Å². The first kappa shape index (κ1) is 20.1. The van der Waals surface area contributed by atoms with Crippen LogP contribution in [0.3, 0.4) is 0 Å². The average molecular weight is 407 g/mol. The van der Waals surface area contributed by atoms with Gasteiger partial charge in [0, 0.05) is 12.3 Å². The molecule has 10 heteroatoms. The highest BCUT2D eigenvalue weighted by atomic mass is 19.4. The number of nitrogens with one attached hydrogen (secondary N) is 1. The molecule has 0 spiro atoms. The number of ether oxygens (including phenoxy) is 1. The first-order chi connectivity index (χ1) is 13.6. The second-order valence-corrected chi connectivity index (χ2v) is 5.99. The monoisotopic (exact) mass is 407 g/mol. The number of benzene rings is 1. The van der Waals surface area contributed by atoms with Gasteiger partial charge < -0.3 is 15.3 Å². The molecule has 1 N–H and O–H groups in total. The standard InChI is InChI=1S/C19H13F4N3O3/c1-11-7-13(20)4-5-16(11)29-18-15(8-12(9-24-18)19(21,22)23)17(27)25-14-3-2-6-26(28)10-14/h2-10H,1H3,(H,25,27). The lowest BCUT2D eigenvalue weighted by Crippen LogP contribution is -2.25. The van der Waals surface area contributed by atoms with E-state index in [-0.39, 0.29) is 11.4 Å². The van der Waals surface area contributed by atoms with Crippen LogP contribution >= 0.6 is 0 Å². The van der Waals surface area contributed by atoms with Gasteiger partial charge in [-0.15, -0.1) is 0 Å². The molecule has 2 aromatic heterocycles. The van der Waals surface area contributed by atoms with Crippen molar-refractivity contribution in [3.8, 4) is 11.6 Å². The number of aryl methyl sites for hydroxylation is 1. The quantitative estimate of drug-likeness (QED) is 0.399. The number of aromatic nitrogens is 2. The third kappa shape index (κ3) is 4.78. The van der Waals surface area contributed by atoms with Crippen molar-refractivity contribution < 1.29 is 31.8 Å². The summed E-state index contributed by atoms with van der Waals surface area (Å²) < 4.78 is 58.4. The van der Waals surface area contributed by atoms with E-state index in [1.165, 1.54) is 31.3 Å². The zero-order chi connectivity index (χ0) is 21.2. The molecule has 2 heterocycles. The lowest BCUT2D eigenvalue weighted by atomic mass is 10.1. The Kier molecular flexibility index (Phi) is 5.35. The predicted octanol–water partition coefficient (Wildman–Crippen LogP) is 4.23. The third-order valence-electron chi connectivity index (χ3n) is 3.80. The van der Waals surface area contributed by atoms with Gasteiger partial charge in [0.15, 0.2) is 6.20 Å². The Balaban J connectivity index is 2.00. The molecule has 0 unspecified atom stereocenters. The summed E-state index contributed by atoms with van der Waals surface area (Å²) in [6.45, 7) is 1.53. The lowest BCUT2D eigenvalue weighted by molar-refractivity contribution is -0.604. The van der Waals surface area contributed by atoms with Crippen molar-refractivity contribution in [2.75, 3.05) is 5.32 Å². The fourth-order valence-electron chi connectivity index (χ4n) is 2.41. The summed E-state index contributed by atoms with van der Waals surface area (Å²) in [6, 6.07) is 6.86. The summed E-state index contributed by atoms with van der Waals surface area (Å²) in [4.78, 5) is 16.2. The van der Waals surface area contributed by atoms with Crippen LogP contribution < -0.4 is 14.8 Å². The van der Waals surface area contributed by atoms with Gasteiger partial charge in [0.1, 0.15) is 22.8 Å². The van der Waals surface area contributed by atoms with E-state index in [9.17, 15) is 27.6 Å². The third-order valence-corrected chi connectivity index (χ3v) is 3.80. The van der Waals surface area contributed by atoms with Crippen LogP contribution in [-0.4, -0.2) is 10.9 Å². The van der Waals surface area contributed by atoms with E-state index in [2.05, 4.69) is 10.3 Å². The molecule has 0 aliphatic carbocycles. The normalized spacial score (nSPS) is 11.2. The van der Waals surface area contributed by atoms with E-state index in [4.69, 9.17) is 4.74 Å². The van der Waals surface area contributed by atoms with Gasteiger partial charge in [0.05, 0.1) is 5.56 Å². The Bertz CT molecular complexity index is 1070. The first-order valence-electron chi connectivity index (χ1n) is 8.15. The van der Waals surface area contributed by atoms with Gasteiger partial charge in [-0.2, -0.15) is 17.9 Å². The molecular weight excluding hydrogens is 394 g/mol. The van der Waals surface area contributed by atoms with E-state index in [1.54, 1.807) is 0 Å². The number of pyridine rings is 2. The Morgan fingerprint density at radius 2 is 2.00 bits per heavy atom. The van der Waals surface area contributed by atoms with E-state index >= 15 is 0 Å². The van der Waals surface area contributed by atoms with Gasteiger partial charge in [-0.1, -0.05) is 0 Å². The van der Waals surface area contributed by atoms with Gasteiger partial charge in [0.2, 0.25) is 12.1 Å². The SMILES string of the molecule is Cc1cc(F)ccc1Oc1ncc(C(F)(F)F)cc1C(=O)Nc1ccc[n+]([O-])c1. The maximum atomic E-state index is 13.3. The van der Waals surface area contributed by atoms with Crippen LogP contribution in [0, 0.1) is 17.9 Å². The van der Waals surface area contributed by atoms with Crippen LogP contribution in [0.25, 0.3) is 0 Å². The molecule has 0 aliphatic rings. The number of halogens is 4. The molecule has 29 heavy (non-hydrogen) atoms. The van der Waals surface area contributed by atoms with Crippen molar-refractivity contribution in [2.24, 2.45) is 0 Å². The minimum atomic E-state index is -4.74. The lowest BCUT2D eigenvalue weighted by Gasteiger charge is -2.14. The van der Waals surface area contributed by atoms with Crippen molar-refractivity contribution >= 4 is 11.6 Å². The molecule has 1 amide bonds. The fourth-order valence-corrected chi connectivity index (χ4v) is 2.41. The topological polar surface area (TPSA) is 78.2 Å². The zero-order valence-electron chi connectivity index (χ0n) is 14.8. The smallest absolute Gasteiger partial charge is 0.417 e. The molecule has 0 radical (unpaired) electrons.